The highest BCUT2D eigenvalue weighted by molar-refractivity contribution is 5.97. The summed E-state index contributed by atoms with van der Waals surface area (Å²) in [6, 6.07) is 7.60. The smallest absolute Gasteiger partial charge is 0.256 e. The van der Waals surface area contributed by atoms with Crippen molar-refractivity contribution in [2.45, 2.75) is 45.1 Å². The number of ether oxygens (including phenoxy) is 3. The van der Waals surface area contributed by atoms with Crippen LogP contribution in [0.2, 0.25) is 0 Å². The zero-order valence-corrected chi connectivity index (χ0v) is 17.2. The number of rotatable bonds is 11. The van der Waals surface area contributed by atoms with Gasteiger partial charge in [-0.1, -0.05) is 6.92 Å². The Hall–Kier alpha value is -1.63. The first-order chi connectivity index (χ1) is 13.6. The summed E-state index contributed by atoms with van der Waals surface area (Å²) in [6.45, 7) is 9.99. The minimum atomic E-state index is -0.731. The zero-order chi connectivity index (χ0) is 19.8. The van der Waals surface area contributed by atoms with Gasteiger partial charge in [0.2, 0.25) is 0 Å². The lowest BCUT2D eigenvalue weighted by molar-refractivity contribution is -0.142. The summed E-state index contributed by atoms with van der Waals surface area (Å²) >= 11 is 0. The number of nitrogens with zero attached hydrogens (tertiary/aromatic N) is 1. The van der Waals surface area contributed by atoms with Crippen LogP contribution in [0.1, 0.15) is 39.5 Å². The fraction of sp³-hybridized carbons (Fsp3) is 0.682. The largest absolute Gasteiger partial charge is 0.494 e. The van der Waals surface area contributed by atoms with E-state index in [1.165, 1.54) is 0 Å². The second-order valence-electron chi connectivity index (χ2n) is 7.86. The highest BCUT2D eigenvalue weighted by Gasteiger charge is 2.48. The molecule has 2 aliphatic rings. The molecule has 1 amide bonds. The Labute approximate surface area is 168 Å². The number of anilines is 1. The van der Waals surface area contributed by atoms with Crippen LogP contribution in [-0.4, -0.2) is 62.5 Å². The Bertz CT molecular complexity index is 611. The van der Waals surface area contributed by atoms with E-state index in [0.717, 1.165) is 70.0 Å². The van der Waals surface area contributed by atoms with E-state index in [9.17, 15) is 4.79 Å². The molecule has 1 aliphatic heterocycles. The second kappa shape index (κ2) is 10.2. The van der Waals surface area contributed by atoms with Gasteiger partial charge in [-0.25, -0.2) is 0 Å². The maximum Gasteiger partial charge on any atom is 0.256 e. The molecule has 1 aliphatic carbocycles. The Kier molecular flexibility index (Phi) is 7.71. The van der Waals surface area contributed by atoms with Crippen LogP contribution in [0.4, 0.5) is 5.69 Å². The number of hydrogen-bond donors (Lipinski definition) is 1. The van der Waals surface area contributed by atoms with Gasteiger partial charge in [0.05, 0.1) is 19.8 Å². The maximum absolute atomic E-state index is 12.8. The predicted molar refractivity (Wildman–Crippen MR) is 110 cm³/mol. The first kappa shape index (κ1) is 21.1. The summed E-state index contributed by atoms with van der Waals surface area (Å²) in [5.74, 6) is 1.10. The molecule has 6 heteroatoms. The van der Waals surface area contributed by atoms with Gasteiger partial charge in [-0.05, 0) is 62.8 Å². The van der Waals surface area contributed by atoms with Crippen molar-refractivity contribution in [2.24, 2.45) is 5.92 Å². The van der Waals surface area contributed by atoms with Gasteiger partial charge in [-0.15, -0.1) is 0 Å². The topological polar surface area (TPSA) is 60.0 Å². The number of carbonyl (C=O) groups is 1. The van der Waals surface area contributed by atoms with Crippen LogP contribution >= 0.6 is 0 Å². The molecule has 28 heavy (non-hydrogen) atoms. The summed E-state index contributed by atoms with van der Waals surface area (Å²) in [4.78, 5) is 15.2. The fourth-order valence-corrected chi connectivity index (χ4v) is 3.51. The molecule has 1 aromatic carbocycles. The van der Waals surface area contributed by atoms with Crippen LogP contribution in [0, 0.1) is 5.92 Å². The quantitative estimate of drug-likeness (QED) is 0.588. The molecule has 3 rings (SSSR count). The molecule has 0 radical (unpaired) electrons. The van der Waals surface area contributed by atoms with E-state index in [0.29, 0.717) is 19.1 Å². The van der Waals surface area contributed by atoms with E-state index in [1.54, 1.807) is 0 Å². The minimum Gasteiger partial charge on any atom is -0.494 e. The third kappa shape index (κ3) is 5.93. The van der Waals surface area contributed by atoms with E-state index in [4.69, 9.17) is 14.2 Å². The van der Waals surface area contributed by atoms with Gasteiger partial charge in [0.1, 0.15) is 11.4 Å². The number of carbonyl (C=O) groups excluding carboxylic acids is 1. The van der Waals surface area contributed by atoms with Crippen molar-refractivity contribution in [3.63, 3.8) is 0 Å². The van der Waals surface area contributed by atoms with E-state index in [2.05, 4.69) is 17.1 Å². The van der Waals surface area contributed by atoms with Crippen LogP contribution in [0.5, 0.6) is 5.75 Å². The highest BCUT2D eigenvalue weighted by atomic mass is 16.5. The SMILES string of the molecule is CCCOC(C)(C(=O)Nc1ccc(OCCCN2CCOCC2)cc1)C1CC1. The van der Waals surface area contributed by atoms with Crippen molar-refractivity contribution in [2.75, 3.05) is 51.4 Å². The first-order valence-electron chi connectivity index (χ1n) is 10.6. The van der Waals surface area contributed by atoms with Gasteiger partial charge in [0.15, 0.2) is 0 Å². The number of hydrogen-bond acceptors (Lipinski definition) is 5. The molecule has 1 heterocycles. The molecular weight excluding hydrogens is 356 g/mol. The molecule has 0 spiro atoms. The first-order valence-corrected chi connectivity index (χ1v) is 10.6. The molecule has 0 bridgehead atoms. The normalized spacial score (nSPS) is 19.8. The minimum absolute atomic E-state index is 0.0531. The Morgan fingerprint density at radius 1 is 1.21 bits per heavy atom. The van der Waals surface area contributed by atoms with E-state index >= 15 is 0 Å². The molecule has 0 aromatic heterocycles. The van der Waals surface area contributed by atoms with Crippen molar-refractivity contribution in [3.05, 3.63) is 24.3 Å². The lowest BCUT2D eigenvalue weighted by Crippen LogP contribution is -2.45. The lowest BCUT2D eigenvalue weighted by Gasteiger charge is -2.28. The number of amides is 1. The number of nitrogens with one attached hydrogen (secondary N) is 1. The summed E-state index contributed by atoms with van der Waals surface area (Å²) in [5.41, 5.74) is 0.0441. The monoisotopic (exact) mass is 390 g/mol. The van der Waals surface area contributed by atoms with Crippen molar-refractivity contribution >= 4 is 11.6 Å². The maximum atomic E-state index is 12.8. The Balaban J connectivity index is 1.42. The molecule has 2 fully saturated rings. The number of morpholine rings is 1. The van der Waals surface area contributed by atoms with Crippen LogP contribution < -0.4 is 10.1 Å². The third-order valence-corrected chi connectivity index (χ3v) is 5.52. The lowest BCUT2D eigenvalue weighted by atomic mass is 9.98. The molecule has 1 aromatic rings. The highest BCUT2D eigenvalue weighted by Crippen LogP contribution is 2.42. The van der Waals surface area contributed by atoms with E-state index in [-0.39, 0.29) is 5.91 Å². The number of benzene rings is 1. The van der Waals surface area contributed by atoms with E-state index in [1.807, 2.05) is 31.2 Å². The van der Waals surface area contributed by atoms with Gasteiger partial charge >= 0.3 is 0 Å². The molecular formula is C22H34N2O4. The summed E-state index contributed by atoms with van der Waals surface area (Å²) in [6.07, 6.45) is 4.02. The molecule has 1 atom stereocenters. The van der Waals surface area contributed by atoms with Gasteiger partial charge in [-0.3, -0.25) is 9.69 Å². The summed E-state index contributed by atoms with van der Waals surface area (Å²) in [7, 11) is 0. The zero-order valence-electron chi connectivity index (χ0n) is 17.2. The average molecular weight is 391 g/mol. The average Bonchev–Trinajstić information content (AvgIpc) is 3.57. The molecule has 156 valence electrons. The van der Waals surface area contributed by atoms with Crippen LogP contribution in [0.3, 0.4) is 0 Å². The molecule has 6 nitrogen and oxygen atoms in total. The third-order valence-electron chi connectivity index (χ3n) is 5.52. The van der Waals surface area contributed by atoms with Gasteiger partial charge in [-0.2, -0.15) is 0 Å². The Morgan fingerprint density at radius 3 is 2.57 bits per heavy atom. The van der Waals surface area contributed by atoms with Crippen molar-refractivity contribution in [1.29, 1.82) is 0 Å². The molecule has 1 N–H and O–H groups in total. The summed E-state index contributed by atoms with van der Waals surface area (Å²) < 4.78 is 17.1. The standard InChI is InChI=1S/C22H34N2O4/c1-3-14-28-22(2,18-5-6-18)21(25)23-19-7-9-20(10-8-19)27-15-4-11-24-12-16-26-17-13-24/h7-10,18H,3-6,11-17H2,1-2H3,(H,23,25). The second-order valence-corrected chi connectivity index (χ2v) is 7.86. The van der Waals surface area contributed by atoms with Crippen molar-refractivity contribution in [1.82, 2.24) is 4.90 Å². The van der Waals surface area contributed by atoms with Crippen LogP contribution in [0.25, 0.3) is 0 Å². The fourth-order valence-electron chi connectivity index (χ4n) is 3.51. The van der Waals surface area contributed by atoms with Crippen LogP contribution in [0.15, 0.2) is 24.3 Å². The van der Waals surface area contributed by atoms with Gasteiger partial charge in [0, 0.05) is 31.9 Å². The van der Waals surface area contributed by atoms with Crippen LogP contribution in [-0.2, 0) is 14.3 Å². The molecule has 1 saturated heterocycles. The summed E-state index contributed by atoms with van der Waals surface area (Å²) in [5, 5.41) is 3.01. The molecule has 1 saturated carbocycles. The van der Waals surface area contributed by atoms with Gasteiger partial charge < -0.3 is 19.5 Å². The Morgan fingerprint density at radius 2 is 1.93 bits per heavy atom. The van der Waals surface area contributed by atoms with E-state index < -0.39 is 5.60 Å². The molecule has 1 unspecified atom stereocenters. The van der Waals surface area contributed by atoms with Gasteiger partial charge in [0.25, 0.3) is 5.91 Å². The van der Waals surface area contributed by atoms with Crippen molar-refractivity contribution < 1.29 is 19.0 Å². The predicted octanol–water partition coefficient (Wildman–Crippen LogP) is 3.32. The van der Waals surface area contributed by atoms with Crippen molar-refractivity contribution in [3.8, 4) is 5.75 Å².